The molecule has 0 spiro atoms. The Morgan fingerprint density at radius 3 is 2.58 bits per heavy atom. The molecule has 2 rings (SSSR count). The maximum absolute atomic E-state index is 11.1. The summed E-state index contributed by atoms with van der Waals surface area (Å²) in [4.78, 5) is 13.5. The van der Waals surface area contributed by atoms with Crippen LogP contribution in [0.25, 0.3) is 0 Å². The van der Waals surface area contributed by atoms with Crippen molar-refractivity contribution in [1.82, 2.24) is 4.90 Å². The zero-order valence-corrected chi connectivity index (χ0v) is 11.6. The molecular weight excluding hydrogens is 238 g/mol. The van der Waals surface area contributed by atoms with Gasteiger partial charge in [-0.3, -0.25) is 9.69 Å². The number of carbonyl (C=O) groups excluding carboxylic acids is 1. The van der Waals surface area contributed by atoms with Crippen molar-refractivity contribution in [2.45, 2.75) is 32.9 Å². The van der Waals surface area contributed by atoms with E-state index >= 15 is 0 Å². The summed E-state index contributed by atoms with van der Waals surface area (Å²) >= 11 is 0. The van der Waals surface area contributed by atoms with Crippen LogP contribution in [0.5, 0.6) is 0 Å². The summed E-state index contributed by atoms with van der Waals surface area (Å²) < 4.78 is 0. The third-order valence-corrected chi connectivity index (χ3v) is 4.03. The molecule has 0 radical (unpaired) electrons. The van der Waals surface area contributed by atoms with Crippen molar-refractivity contribution < 1.29 is 4.79 Å². The van der Waals surface area contributed by atoms with Crippen molar-refractivity contribution >= 4 is 5.91 Å². The Balaban J connectivity index is 1.94. The first-order valence-electron chi connectivity index (χ1n) is 6.90. The highest BCUT2D eigenvalue weighted by Gasteiger charge is 2.23. The van der Waals surface area contributed by atoms with Gasteiger partial charge < -0.3 is 11.5 Å². The SMILES string of the molecule is Cc1cc(CN)ccc1CN1CCC(C(N)=O)CC1. The topological polar surface area (TPSA) is 72.3 Å². The number of piperidine rings is 1. The largest absolute Gasteiger partial charge is 0.369 e. The van der Waals surface area contributed by atoms with Crippen LogP contribution < -0.4 is 11.5 Å². The van der Waals surface area contributed by atoms with Gasteiger partial charge in [-0.2, -0.15) is 0 Å². The minimum atomic E-state index is -0.150. The Morgan fingerprint density at radius 1 is 1.37 bits per heavy atom. The smallest absolute Gasteiger partial charge is 0.220 e. The van der Waals surface area contributed by atoms with Gasteiger partial charge in [-0.05, 0) is 49.5 Å². The van der Waals surface area contributed by atoms with Crippen molar-refractivity contribution in [1.29, 1.82) is 0 Å². The van der Waals surface area contributed by atoms with Gasteiger partial charge in [0.05, 0.1) is 0 Å². The molecule has 4 nitrogen and oxygen atoms in total. The lowest BCUT2D eigenvalue weighted by atomic mass is 9.95. The Kier molecular flexibility index (Phi) is 4.56. The molecule has 4 heteroatoms. The van der Waals surface area contributed by atoms with Crippen molar-refractivity contribution in [3.8, 4) is 0 Å². The number of nitrogens with zero attached hydrogens (tertiary/aromatic N) is 1. The van der Waals surface area contributed by atoms with Gasteiger partial charge in [-0.15, -0.1) is 0 Å². The number of amides is 1. The second-order valence-corrected chi connectivity index (χ2v) is 5.42. The van der Waals surface area contributed by atoms with Crippen LogP contribution in [0.2, 0.25) is 0 Å². The van der Waals surface area contributed by atoms with Crippen molar-refractivity contribution in [2.75, 3.05) is 13.1 Å². The minimum Gasteiger partial charge on any atom is -0.369 e. The van der Waals surface area contributed by atoms with E-state index in [2.05, 4.69) is 30.0 Å². The Morgan fingerprint density at radius 2 is 2.05 bits per heavy atom. The molecule has 0 unspecified atom stereocenters. The van der Waals surface area contributed by atoms with Gasteiger partial charge in [0, 0.05) is 19.0 Å². The van der Waals surface area contributed by atoms with Crippen molar-refractivity contribution in [2.24, 2.45) is 17.4 Å². The molecule has 4 N–H and O–H groups in total. The van der Waals surface area contributed by atoms with Gasteiger partial charge in [0.25, 0.3) is 0 Å². The van der Waals surface area contributed by atoms with Gasteiger partial charge in [-0.25, -0.2) is 0 Å². The molecule has 1 saturated heterocycles. The van der Waals surface area contributed by atoms with Crippen LogP contribution in [-0.2, 0) is 17.9 Å². The number of likely N-dealkylation sites (tertiary alicyclic amines) is 1. The summed E-state index contributed by atoms with van der Waals surface area (Å²) in [5.74, 6) is -0.0832. The highest BCUT2D eigenvalue weighted by Crippen LogP contribution is 2.20. The highest BCUT2D eigenvalue weighted by atomic mass is 16.1. The van der Waals surface area contributed by atoms with Crippen LogP contribution in [0.3, 0.4) is 0 Å². The van der Waals surface area contributed by atoms with E-state index in [0.717, 1.165) is 32.5 Å². The quantitative estimate of drug-likeness (QED) is 0.854. The fraction of sp³-hybridized carbons (Fsp3) is 0.533. The molecule has 0 saturated carbocycles. The molecule has 1 aromatic carbocycles. The Bertz CT molecular complexity index is 451. The summed E-state index contributed by atoms with van der Waals surface area (Å²) in [5, 5.41) is 0. The number of carbonyl (C=O) groups is 1. The second kappa shape index (κ2) is 6.17. The van der Waals surface area contributed by atoms with E-state index in [1.165, 1.54) is 16.7 Å². The van der Waals surface area contributed by atoms with Crippen LogP contribution in [0.15, 0.2) is 18.2 Å². The van der Waals surface area contributed by atoms with Gasteiger partial charge in [0.15, 0.2) is 0 Å². The van der Waals surface area contributed by atoms with E-state index in [1.807, 2.05) is 0 Å². The average molecular weight is 261 g/mol. The van der Waals surface area contributed by atoms with Crippen LogP contribution in [0, 0.1) is 12.8 Å². The van der Waals surface area contributed by atoms with Crippen LogP contribution in [-0.4, -0.2) is 23.9 Å². The standard InChI is InChI=1S/C15H23N3O/c1-11-8-12(9-16)2-3-14(11)10-18-6-4-13(5-7-18)15(17)19/h2-3,8,13H,4-7,9-10,16H2,1H3,(H2,17,19). The molecule has 104 valence electrons. The van der Waals surface area contributed by atoms with Crippen molar-refractivity contribution in [3.63, 3.8) is 0 Å². The number of rotatable bonds is 4. The molecule has 1 fully saturated rings. The minimum absolute atomic E-state index is 0.0666. The van der Waals surface area contributed by atoms with E-state index in [9.17, 15) is 4.79 Å². The van der Waals surface area contributed by atoms with E-state index in [4.69, 9.17) is 11.5 Å². The van der Waals surface area contributed by atoms with Crippen LogP contribution in [0.4, 0.5) is 0 Å². The number of primary amides is 1. The van der Waals surface area contributed by atoms with Gasteiger partial charge in [-0.1, -0.05) is 18.2 Å². The second-order valence-electron chi connectivity index (χ2n) is 5.42. The number of aryl methyl sites for hydroxylation is 1. The zero-order chi connectivity index (χ0) is 13.8. The van der Waals surface area contributed by atoms with E-state index in [1.54, 1.807) is 0 Å². The predicted octanol–water partition coefficient (Wildman–Crippen LogP) is 1.15. The van der Waals surface area contributed by atoms with E-state index < -0.39 is 0 Å². The fourth-order valence-corrected chi connectivity index (χ4v) is 2.68. The average Bonchev–Trinajstić information content (AvgIpc) is 2.41. The first-order valence-corrected chi connectivity index (χ1v) is 6.90. The maximum atomic E-state index is 11.1. The number of benzene rings is 1. The lowest BCUT2D eigenvalue weighted by molar-refractivity contribution is -0.123. The number of hydrogen-bond acceptors (Lipinski definition) is 3. The molecule has 0 aromatic heterocycles. The van der Waals surface area contributed by atoms with Crippen LogP contribution in [0.1, 0.15) is 29.5 Å². The molecule has 1 aliphatic rings. The molecule has 0 bridgehead atoms. The molecule has 0 aliphatic carbocycles. The molecular formula is C15H23N3O. The molecule has 1 heterocycles. The van der Waals surface area contributed by atoms with Gasteiger partial charge in [0.2, 0.25) is 5.91 Å². The Hall–Kier alpha value is -1.39. The molecule has 1 aliphatic heterocycles. The van der Waals surface area contributed by atoms with E-state index in [0.29, 0.717) is 6.54 Å². The maximum Gasteiger partial charge on any atom is 0.220 e. The van der Waals surface area contributed by atoms with Gasteiger partial charge in [0.1, 0.15) is 0 Å². The van der Waals surface area contributed by atoms with Crippen molar-refractivity contribution in [3.05, 3.63) is 34.9 Å². The third kappa shape index (κ3) is 3.55. The molecule has 19 heavy (non-hydrogen) atoms. The fourth-order valence-electron chi connectivity index (χ4n) is 2.68. The molecule has 1 aromatic rings. The summed E-state index contributed by atoms with van der Waals surface area (Å²) in [7, 11) is 0. The van der Waals surface area contributed by atoms with Gasteiger partial charge >= 0.3 is 0 Å². The normalized spacial score (nSPS) is 17.6. The summed E-state index contributed by atoms with van der Waals surface area (Å²) in [6, 6.07) is 6.42. The lowest BCUT2D eigenvalue weighted by Gasteiger charge is -2.30. The third-order valence-electron chi connectivity index (χ3n) is 4.03. The predicted molar refractivity (Wildman–Crippen MR) is 76.3 cm³/mol. The zero-order valence-electron chi connectivity index (χ0n) is 11.6. The Labute approximate surface area is 114 Å². The monoisotopic (exact) mass is 261 g/mol. The van der Waals surface area contributed by atoms with E-state index in [-0.39, 0.29) is 11.8 Å². The van der Waals surface area contributed by atoms with Crippen LogP contribution >= 0.6 is 0 Å². The first kappa shape index (κ1) is 14.0. The highest BCUT2D eigenvalue weighted by molar-refractivity contribution is 5.76. The summed E-state index contributed by atoms with van der Waals surface area (Å²) in [5.41, 5.74) is 14.8. The molecule has 0 atom stereocenters. The number of nitrogens with two attached hydrogens (primary N) is 2. The molecule has 1 amide bonds. The first-order chi connectivity index (χ1) is 9.10. The summed E-state index contributed by atoms with van der Waals surface area (Å²) in [6.45, 7) is 5.56. The number of hydrogen-bond donors (Lipinski definition) is 2. The summed E-state index contributed by atoms with van der Waals surface area (Å²) in [6.07, 6.45) is 1.77. The lowest BCUT2D eigenvalue weighted by Crippen LogP contribution is -2.38.